The summed E-state index contributed by atoms with van der Waals surface area (Å²) in [5, 5.41) is 14.5. The van der Waals surface area contributed by atoms with Crippen LogP contribution in [0.15, 0.2) is 48.5 Å². The van der Waals surface area contributed by atoms with Crippen molar-refractivity contribution in [3.63, 3.8) is 0 Å². The summed E-state index contributed by atoms with van der Waals surface area (Å²) in [6.07, 6.45) is 0.0397. The summed E-state index contributed by atoms with van der Waals surface area (Å²) in [5.41, 5.74) is 2.94. The van der Waals surface area contributed by atoms with Crippen LogP contribution in [-0.2, 0) is 19.1 Å². The van der Waals surface area contributed by atoms with Crippen LogP contribution in [0, 0.1) is 0 Å². The molecule has 8 heteroatoms. The van der Waals surface area contributed by atoms with Crippen LogP contribution in [0.2, 0.25) is 0 Å². The molecule has 0 saturated carbocycles. The van der Waals surface area contributed by atoms with Gasteiger partial charge >= 0.3 is 12.1 Å². The number of fused-ring (bicyclic) bond motifs is 3. The van der Waals surface area contributed by atoms with Crippen LogP contribution in [0.5, 0.6) is 0 Å². The first-order valence-corrected chi connectivity index (χ1v) is 11.0. The third-order valence-corrected chi connectivity index (χ3v) is 5.91. The number of carbonyl (C=O) groups is 3. The van der Waals surface area contributed by atoms with Gasteiger partial charge in [0, 0.05) is 13.0 Å². The second-order valence-corrected chi connectivity index (χ2v) is 8.35. The normalized spacial score (nSPS) is 15.0. The minimum atomic E-state index is -1.44. The van der Waals surface area contributed by atoms with Gasteiger partial charge in [-0.1, -0.05) is 61.9 Å². The second-order valence-electron chi connectivity index (χ2n) is 8.35. The van der Waals surface area contributed by atoms with Crippen LogP contribution in [0.1, 0.15) is 43.7 Å². The Morgan fingerprint density at radius 2 is 1.64 bits per heavy atom. The Morgan fingerprint density at radius 3 is 2.15 bits per heavy atom. The molecule has 2 aromatic carbocycles. The fourth-order valence-corrected chi connectivity index (χ4v) is 4.21. The maximum atomic E-state index is 12.7. The molecule has 1 aliphatic carbocycles. The highest BCUT2D eigenvalue weighted by Crippen LogP contribution is 2.44. The predicted molar refractivity (Wildman–Crippen MR) is 123 cm³/mol. The van der Waals surface area contributed by atoms with Crippen LogP contribution >= 0.6 is 0 Å². The van der Waals surface area contributed by atoms with Crippen molar-refractivity contribution < 1.29 is 29.0 Å². The van der Waals surface area contributed by atoms with Crippen molar-refractivity contribution in [2.75, 3.05) is 20.3 Å². The molecule has 0 fully saturated rings. The monoisotopic (exact) mass is 454 g/mol. The molecule has 0 radical (unpaired) electrons. The lowest BCUT2D eigenvalue weighted by atomic mass is 9.96. The van der Waals surface area contributed by atoms with Crippen molar-refractivity contribution in [2.24, 2.45) is 0 Å². The number of nitrogens with one attached hydrogen (secondary N) is 2. The van der Waals surface area contributed by atoms with Crippen molar-refractivity contribution in [1.82, 2.24) is 10.6 Å². The number of hydrogen-bond donors (Lipinski definition) is 3. The molecule has 33 heavy (non-hydrogen) atoms. The fraction of sp³-hybridized carbons (Fsp3) is 0.400. The Morgan fingerprint density at radius 1 is 1.06 bits per heavy atom. The number of rotatable bonds is 10. The first-order chi connectivity index (χ1) is 15.8. The van der Waals surface area contributed by atoms with E-state index >= 15 is 0 Å². The highest BCUT2D eigenvalue weighted by molar-refractivity contribution is 5.91. The lowest BCUT2D eigenvalue weighted by Gasteiger charge is -2.28. The molecule has 0 heterocycles. The van der Waals surface area contributed by atoms with Crippen LogP contribution in [-0.4, -0.2) is 55.0 Å². The van der Waals surface area contributed by atoms with Gasteiger partial charge in [-0.2, -0.15) is 0 Å². The second kappa shape index (κ2) is 10.5. The smallest absolute Gasteiger partial charge is 0.407 e. The number of carboxylic acid groups (broad SMARTS) is 1. The van der Waals surface area contributed by atoms with Crippen molar-refractivity contribution in [2.45, 2.75) is 44.2 Å². The Hall–Kier alpha value is -3.39. The van der Waals surface area contributed by atoms with Crippen LogP contribution < -0.4 is 10.6 Å². The summed E-state index contributed by atoms with van der Waals surface area (Å²) in [5.74, 6) is -1.91. The van der Waals surface area contributed by atoms with Crippen LogP contribution in [0.25, 0.3) is 11.1 Å². The van der Waals surface area contributed by atoms with Crippen molar-refractivity contribution >= 4 is 18.0 Å². The molecule has 176 valence electrons. The molecule has 0 aromatic heterocycles. The number of carboxylic acids is 1. The molecule has 0 bridgehead atoms. The number of amides is 2. The third kappa shape index (κ3) is 5.34. The molecule has 2 atom stereocenters. The van der Waals surface area contributed by atoms with E-state index in [-0.39, 0.29) is 25.6 Å². The van der Waals surface area contributed by atoms with Gasteiger partial charge < -0.3 is 25.2 Å². The number of aliphatic carboxylic acids is 1. The topological polar surface area (TPSA) is 114 Å². The summed E-state index contributed by atoms with van der Waals surface area (Å²) >= 11 is 0. The van der Waals surface area contributed by atoms with E-state index in [0.717, 1.165) is 22.3 Å². The third-order valence-electron chi connectivity index (χ3n) is 5.91. The molecule has 0 saturated heterocycles. The molecule has 8 nitrogen and oxygen atoms in total. The highest BCUT2D eigenvalue weighted by Gasteiger charge is 2.36. The van der Waals surface area contributed by atoms with Crippen molar-refractivity contribution in [1.29, 1.82) is 0 Å². The summed E-state index contributed by atoms with van der Waals surface area (Å²) in [6, 6.07) is 14.9. The largest absolute Gasteiger partial charge is 0.480 e. The van der Waals surface area contributed by atoms with Gasteiger partial charge in [-0.3, -0.25) is 4.79 Å². The summed E-state index contributed by atoms with van der Waals surface area (Å²) in [4.78, 5) is 36.9. The number of hydrogen-bond acceptors (Lipinski definition) is 5. The lowest BCUT2D eigenvalue weighted by Crippen LogP contribution is -2.59. The minimum absolute atomic E-state index is 0.101. The maximum absolute atomic E-state index is 12.7. The molecule has 2 amide bonds. The van der Waals surface area contributed by atoms with E-state index in [0.29, 0.717) is 6.42 Å². The standard InChI is InChI=1S/C25H30N2O6/c1-4-13-25(2,23(29)30)27-22(28)21(15-32-3)26-24(31)33-14-20-18-11-7-5-9-16(18)17-10-6-8-12-19(17)20/h5-12,20-21H,4,13-15H2,1-3H3,(H,26,31)(H,27,28)(H,29,30). The minimum Gasteiger partial charge on any atom is -0.480 e. The number of ether oxygens (including phenoxy) is 2. The SMILES string of the molecule is CCCC(C)(NC(=O)C(COC)NC(=O)OCC1c2ccccc2-c2ccccc21)C(=O)O. The van der Waals surface area contributed by atoms with Crippen LogP contribution in [0.4, 0.5) is 4.79 Å². The molecule has 3 rings (SSSR count). The van der Waals surface area contributed by atoms with Gasteiger partial charge in [-0.25, -0.2) is 9.59 Å². The first-order valence-electron chi connectivity index (χ1n) is 11.0. The molecule has 2 unspecified atom stereocenters. The first kappa shape index (κ1) is 24.3. The van der Waals surface area contributed by atoms with E-state index in [1.807, 2.05) is 55.5 Å². The molecule has 0 aliphatic heterocycles. The lowest BCUT2D eigenvalue weighted by molar-refractivity contribution is -0.147. The number of benzene rings is 2. The van der Waals surface area contributed by atoms with Gasteiger partial charge in [0.1, 0.15) is 18.2 Å². The molecule has 0 spiro atoms. The zero-order chi connectivity index (χ0) is 24.0. The van der Waals surface area contributed by atoms with E-state index in [1.165, 1.54) is 14.0 Å². The van der Waals surface area contributed by atoms with Gasteiger partial charge in [-0.15, -0.1) is 0 Å². The summed E-state index contributed by atoms with van der Waals surface area (Å²) in [7, 11) is 1.39. The Balaban J connectivity index is 1.66. The van der Waals surface area contributed by atoms with Gasteiger partial charge in [0.05, 0.1) is 6.61 Å². The predicted octanol–water partition coefficient (Wildman–Crippen LogP) is 3.30. The van der Waals surface area contributed by atoms with E-state index in [1.54, 1.807) is 0 Å². The highest BCUT2D eigenvalue weighted by atomic mass is 16.5. The molecule has 3 N–H and O–H groups in total. The van der Waals surface area contributed by atoms with Crippen molar-refractivity contribution in [3.05, 3.63) is 59.7 Å². The zero-order valence-corrected chi connectivity index (χ0v) is 19.1. The maximum Gasteiger partial charge on any atom is 0.407 e. The quantitative estimate of drug-likeness (QED) is 0.508. The fourth-order valence-electron chi connectivity index (χ4n) is 4.21. The number of carbonyl (C=O) groups excluding carboxylic acids is 2. The average molecular weight is 455 g/mol. The van der Waals surface area contributed by atoms with E-state index in [2.05, 4.69) is 10.6 Å². The van der Waals surface area contributed by atoms with E-state index < -0.39 is 29.6 Å². The average Bonchev–Trinajstić information content (AvgIpc) is 3.11. The molecule has 2 aromatic rings. The molecular weight excluding hydrogens is 424 g/mol. The summed E-state index contributed by atoms with van der Waals surface area (Å²) in [6.45, 7) is 3.24. The van der Waals surface area contributed by atoms with E-state index in [9.17, 15) is 19.5 Å². The summed E-state index contributed by atoms with van der Waals surface area (Å²) < 4.78 is 10.5. The van der Waals surface area contributed by atoms with Gasteiger partial charge in [0.15, 0.2) is 0 Å². The van der Waals surface area contributed by atoms with Gasteiger partial charge in [0.2, 0.25) is 5.91 Å². The molecular formula is C25H30N2O6. The van der Waals surface area contributed by atoms with Gasteiger partial charge in [0.25, 0.3) is 0 Å². The Bertz CT molecular complexity index is 978. The Kier molecular flexibility index (Phi) is 7.71. The number of alkyl carbamates (subject to hydrolysis) is 1. The van der Waals surface area contributed by atoms with Gasteiger partial charge in [-0.05, 0) is 35.6 Å². The Labute approximate surface area is 193 Å². The van der Waals surface area contributed by atoms with E-state index in [4.69, 9.17) is 9.47 Å². The number of methoxy groups -OCH3 is 1. The van der Waals surface area contributed by atoms with Crippen molar-refractivity contribution in [3.8, 4) is 11.1 Å². The van der Waals surface area contributed by atoms with Crippen LogP contribution in [0.3, 0.4) is 0 Å². The molecule has 1 aliphatic rings. The zero-order valence-electron chi connectivity index (χ0n) is 19.1.